The molecule has 0 aliphatic rings. The first-order chi connectivity index (χ1) is 30.1. The van der Waals surface area contributed by atoms with Gasteiger partial charge in [0.05, 0.1) is 27.6 Å². The van der Waals surface area contributed by atoms with Crippen LogP contribution in [0.2, 0.25) is 0 Å². The Morgan fingerprint density at radius 2 is 1.07 bits per heavy atom. The minimum atomic E-state index is -3.15. The molecule has 0 N–H and O–H groups in total. The second kappa shape index (κ2) is 13.9. The highest BCUT2D eigenvalue weighted by Crippen LogP contribution is 2.35. The number of hydrogen-bond donors (Lipinski definition) is 0. The first-order valence-corrected chi connectivity index (χ1v) is 23.6. The van der Waals surface area contributed by atoms with Crippen molar-refractivity contribution in [3.05, 3.63) is 205 Å². The first kappa shape index (κ1) is 35.6. The van der Waals surface area contributed by atoms with Crippen LogP contribution in [0.1, 0.15) is 18.2 Å². The average Bonchev–Trinajstić information content (AvgIpc) is 4.04. The van der Waals surface area contributed by atoms with E-state index >= 15 is 0 Å². The molecule has 61 heavy (non-hydrogen) atoms. The molecule has 0 bridgehead atoms. The lowest BCUT2D eigenvalue weighted by Gasteiger charge is -2.35. The Kier molecular flexibility index (Phi) is 8.10. The summed E-state index contributed by atoms with van der Waals surface area (Å²) in [7, 11) is -3.15. The molecular formula is C54H39N5SSi. The Bertz CT molecular complexity index is 3650. The highest BCUT2D eigenvalue weighted by molar-refractivity contribution is 7.26. The van der Waals surface area contributed by atoms with Gasteiger partial charge in [0.15, 0.2) is 8.07 Å². The molecule has 0 aliphatic heterocycles. The molecule has 5 heterocycles. The average molecular weight is 818 g/mol. The normalized spacial score (nSPS) is 12.4. The van der Waals surface area contributed by atoms with E-state index in [-0.39, 0.29) is 0 Å². The van der Waals surface area contributed by atoms with E-state index in [1.807, 2.05) is 11.3 Å². The van der Waals surface area contributed by atoms with Gasteiger partial charge in [-0.1, -0.05) is 146 Å². The molecule has 12 aromatic rings. The summed E-state index contributed by atoms with van der Waals surface area (Å²) in [6, 6.07) is 69.1. The number of para-hydroxylation sites is 5. The lowest BCUT2D eigenvalue weighted by molar-refractivity contribution is 0.957. The predicted molar refractivity (Wildman–Crippen MR) is 260 cm³/mol. The Hall–Kier alpha value is -7.32. The summed E-state index contributed by atoms with van der Waals surface area (Å²) in [6.45, 7) is 4.31. The van der Waals surface area contributed by atoms with Gasteiger partial charge < -0.3 is 0 Å². The van der Waals surface area contributed by atoms with Gasteiger partial charge in [-0.2, -0.15) is 0 Å². The van der Waals surface area contributed by atoms with Gasteiger partial charge >= 0.3 is 0 Å². The van der Waals surface area contributed by atoms with Crippen molar-refractivity contribution >= 4 is 105 Å². The Morgan fingerprint density at radius 1 is 0.475 bits per heavy atom. The minimum Gasteiger partial charge on any atom is -0.298 e. The van der Waals surface area contributed by atoms with Gasteiger partial charge in [-0.05, 0) is 89.2 Å². The van der Waals surface area contributed by atoms with Crippen molar-refractivity contribution in [3.8, 4) is 11.6 Å². The molecule has 12 rings (SSSR count). The maximum Gasteiger partial charge on any atom is 0.221 e. The van der Waals surface area contributed by atoms with Crippen molar-refractivity contribution < 1.29 is 0 Å². The van der Waals surface area contributed by atoms with E-state index in [1.165, 1.54) is 51.9 Å². The van der Waals surface area contributed by atoms with Crippen LogP contribution in [0.4, 0.5) is 0 Å². The molecule has 0 unspecified atom stereocenters. The smallest absolute Gasteiger partial charge is 0.221 e. The molecule has 0 saturated carbocycles. The topological polar surface area (TPSA) is 40.0 Å². The summed E-state index contributed by atoms with van der Waals surface area (Å²) in [5.74, 6) is 2.53. The Balaban J connectivity index is 1.27. The quantitative estimate of drug-likeness (QED) is 0.119. The highest BCUT2D eigenvalue weighted by atomic mass is 32.1. The molecule has 0 spiro atoms. The molecule has 0 saturated heterocycles. The van der Waals surface area contributed by atoms with Crippen LogP contribution in [0.25, 0.3) is 76.6 Å². The van der Waals surface area contributed by atoms with Crippen molar-refractivity contribution in [1.82, 2.24) is 23.5 Å². The first-order valence-electron chi connectivity index (χ1n) is 20.8. The molecule has 7 heteroatoms. The number of imidazole rings is 2. The summed E-state index contributed by atoms with van der Waals surface area (Å²) in [5.41, 5.74) is 7.61. The van der Waals surface area contributed by atoms with E-state index in [1.54, 1.807) is 0 Å². The molecular weight excluding hydrogens is 779 g/mol. The van der Waals surface area contributed by atoms with E-state index in [0.717, 1.165) is 50.7 Å². The number of benzene rings is 7. The molecule has 0 amide bonds. The third-order valence-electron chi connectivity index (χ3n) is 12.5. The zero-order valence-corrected chi connectivity index (χ0v) is 35.5. The van der Waals surface area contributed by atoms with Gasteiger partial charge in [0, 0.05) is 36.8 Å². The summed E-state index contributed by atoms with van der Waals surface area (Å²) >= 11 is 1.87. The molecule has 0 radical (unpaired) electrons. The summed E-state index contributed by atoms with van der Waals surface area (Å²) in [4.78, 5) is 11.1. The maximum absolute atomic E-state index is 5.75. The van der Waals surface area contributed by atoms with Crippen molar-refractivity contribution in [1.29, 1.82) is 0 Å². The number of thiophene rings is 1. The number of pyridine rings is 1. The lowest BCUT2D eigenvalue weighted by atomic mass is 10.1. The van der Waals surface area contributed by atoms with Crippen LogP contribution in [0, 0.1) is 6.92 Å². The van der Waals surface area contributed by atoms with Crippen LogP contribution >= 0.6 is 11.3 Å². The van der Waals surface area contributed by atoms with Crippen LogP contribution in [0.5, 0.6) is 0 Å². The zero-order chi connectivity index (χ0) is 40.7. The van der Waals surface area contributed by atoms with Gasteiger partial charge in [0.25, 0.3) is 0 Å². The molecule has 0 atom stereocenters. The van der Waals surface area contributed by atoms with Crippen LogP contribution in [-0.4, -0.2) is 31.6 Å². The molecule has 7 aromatic carbocycles. The van der Waals surface area contributed by atoms with Crippen LogP contribution in [0.3, 0.4) is 0 Å². The van der Waals surface area contributed by atoms with Gasteiger partial charge in [-0.3, -0.25) is 13.5 Å². The van der Waals surface area contributed by atoms with Gasteiger partial charge in [0.2, 0.25) is 5.78 Å². The summed E-state index contributed by atoms with van der Waals surface area (Å²) in [5, 5.41) is 8.96. The summed E-state index contributed by atoms with van der Waals surface area (Å²) in [6.07, 6.45) is 4.36. The monoisotopic (exact) mass is 817 g/mol. The number of hydrogen-bond acceptors (Lipinski definition) is 3. The fourth-order valence-electron chi connectivity index (χ4n) is 9.92. The van der Waals surface area contributed by atoms with Gasteiger partial charge in [0.1, 0.15) is 11.6 Å². The number of nitrogens with zero attached hydrogens (tertiary/aromatic N) is 5. The Labute approximate surface area is 357 Å². The lowest BCUT2D eigenvalue weighted by Crippen LogP contribution is -2.74. The molecule has 0 fully saturated rings. The number of allylic oxidation sites excluding steroid dienone is 1. The van der Waals surface area contributed by atoms with E-state index in [4.69, 9.17) is 9.97 Å². The SMILES string of the molecule is C/C=C\c1c(C)n(-c2cc([Si](c3ccccc3)(c3ccccc3)c3ccc4sc5ccccc5c4c3)cc(-n3c4ccccc4n4c5ccccc5nc34)n2)c2ccccc12. The highest BCUT2D eigenvalue weighted by Gasteiger charge is 2.43. The fourth-order valence-corrected chi connectivity index (χ4v) is 15.8. The predicted octanol–water partition coefficient (Wildman–Crippen LogP) is 10.9. The van der Waals surface area contributed by atoms with Gasteiger partial charge in [-0.25, -0.2) is 9.97 Å². The van der Waals surface area contributed by atoms with Crippen LogP contribution < -0.4 is 20.7 Å². The Morgan fingerprint density at radius 3 is 1.80 bits per heavy atom. The second-order valence-electron chi connectivity index (χ2n) is 15.8. The largest absolute Gasteiger partial charge is 0.298 e. The molecule has 5 aromatic heterocycles. The third-order valence-corrected chi connectivity index (χ3v) is 18.4. The number of aromatic nitrogens is 5. The fraction of sp³-hybridized carbons (Fsp3) is 0.0370. The van der Waals surface area contributed by atoms with E-state index in [2.05, 4.69) is 228 Å². The van der Waals surface area contributed by atoms with Crippen molar-refractivity contribution in [2.75, 3.05) is 0 Å². The van der Waals surface area contributed by atoms with E-state index in [0.29, 0.717) is 0 Å². The molecule has 290 valence electrons. The van der Waals surface area contributed by atoms with Crippen LogP contribution in [0.15, 0.2) is 194 Å². The second-order valence-corrected chi connectivity index (χ2v) is 20.7. The van der Waals surface area contributed by atoms with E-state index < -0.39 is 8.07 Å². The number of rotatable bonds is 7. The van der Waals surface area contributed by atoms with Crippen molar-refractivity contribution in [3.63, 3.8) is 0 Å². The van der Waals surface area contributed by atoms with Gasteiger partial charge in [-0.15, -0.1) is 11.3 Å². The third kappa shape index (κ3) is 5.24. The van der Waals surface area contributed by atoms with E-state index in [9.17, 15) is 0 Å². The molecule has 5 nitrogen and oxygen atoms in total. The minimum absolute atomic E-state index is 0.824. The summed E-state index contributed by atoms with van der Waals surface area (Å²) < 4.78 is 9.53. The van der Waals surface area contributed by atoms with Crippen LogP contribution in [-0.2, 0) is 0 Å². The molecule has 0 aliphatic carbocycles. The van der Waals surface area contributed by atoms with Crippen molar-refractivity contribution in [2.24, 2.45) is 0 Å². The number of fused-ring (bicyclic) bond motifs is 9. The standard InChI is InChI=1S/C54H39N5SSi/c1-3-18-41-36(2)57(46-26-13-10-23-42(41)46)52-34-40(35-53(56-52)59-49-29-16-15-28-48(49)58-47-27-14-12-25-45(47)55-54(58)59)61(37-19-6-4-7-20-37,38-21-8-5-9-22-38)39-31-32-51-44(33-39)43-24-11-17-30-50(43)60-51/h3-35H,1-2H3/b18-3-. The maximum atomic E-state index is 5.75. The van der Waals surface area contributed by atoms with Crippen molar-refractivity contribution in [2.45, 2.75) is 13.8 Å². The zero-order valence-electron chi connectivity index (χ0n) is 33.7.